The lowest BCUT2D eigenvalue weighted by Crippen LogP contribution is -2.42. The van der Waals surface area contributed by atoms with Gasteiger partial charge in [0.15, 0.2) is 0 Å². The van der Waals surface area contributed by atoms with Gasteiger partial charge in [-0.05, 0) is 69.2 Å². The number of hydrogen-bond donors (Lipinski definition) is 1. The summed E-state index contributed by atoms with van der Waals surface area (Å²) in [5.74, 6) is 0.652. The first-order valence-corrected chi connectivity index (χ1v) is 10.5. The van der Waals surface area contributed by atoms with Crippen LogP contribution in [0.5, 0.6) is 11.5 Å². The summed E-state index contributed by atoms with van der Waals surface area (Å²) in [6, 6.07) is 12.1. The van der Waals surface area contributed by atoms with Gasteiger partial charge in [0, 0.05) is 17.6 Å². The molecule has 0 spiro atoms. The average Bonchev–Trinajstić information content (AvgIpc) is 2.76. The summed E-state index contributed by atoms with van der Waals surface area (Å²) in [5, 5.41) is 0. The molecule has 1 aliphatic rings. The largest absolute Gasteiger partial charge is 0.465 e. The highest BCUT2D eigenvalue weighted by molar-refractivity contribution is 6.04. The number of methoxy groups -OCH3 is 1. The van der Waals surface area contributed by atoms with Crippen LogP contribution in [-0.2, 0) is 9.53 Å². The predicted molar refractivity (Wildman–Crippen MR) is 118 cm³/mol. The molecule has 1 saturated carbocycles. The molecule has 1 fully saturated rings. The lowest BCUT2D eigenvalue weighted by Gasteiger charge is -2.33. The Balaban J connectivity index is 1.95. The molecule has 6 nitrogen and oxygen atoms in total. The molecule has 2 aromatic rings. The number of nitrogens with zero attached hydrogens (tertiary/aromatic N) is 1. The van der Waals surface area contributed by atoms with E-state index in [2.05, 4.69) is 0 Å². The molecular formula is C24H30N2O4. The first-order chi connectivity index (χ1) is 14.4. The van der Waals surface area contributed by atoms with Crippen LogP contribution in [0.15, 0.2) is 42.5 Å². The molecule has 3 rings (SSSR count). The lowest BCUT2D eigenvalue weighted by atomic mass is 9.87. The van der Waals surface area contributed by atoms with Crippen molar-refractivity contribution in [2.24, 2.45) is 5.92 Å². The first-order valence-electron chi connectivity index (χ1n) is 10.5. The second-order valence-corrected chi connectivity index (χ2v) is 7.98. The molecule has 160 valence electrons. The van der Waals surface area contributed by atoms with Crippen LogP contribution in [0.25, 0.3) is 0 Å². The molecule has 0 radical (unpaired) electrons. The van der Waals surface area contributed by atoms with Crippen molar-refractivity contribution in [3.63, 3.8) is 0 Å². The van der Waals surface area contributed by atoms with Gasteiger partial charge in [-0.3, -0.25) is 4.79 Å². The van der Waals surface area contributed by atoms with Crippen LogP contribution in [-0.4, -0.2) is 25.0 Å². The summed E-state index contributed by atoms with van der Waals surface area (Å²) >= 11 is 0. The Bertz CT molecular complexity index is 887. The molecule has 1 aliphatic carbocycles. The maximum atomic E-state index is 13.3. The van der Waals surface area contributed by atoms with Crippen molar-refractivity contribution in [2.75, 3.05) is 17.7 Å². The van der Waals surface area contributed by atoms with E-state index in [9.17, 15) is 9.59 Å². The molecule has 30 heavy (non-hydrogen) atoms. The minimum Gasteiger partial charge on any atom is -0.465 e. The maximum absolute atomic E-state index is 13.3. The minimum atomic E-state index is -0.505. The fourth-order valence-corrected chi connectivity index (χ4v) is 3.93. The number of nitrogen functional groups attached to an aromatic ring is 1. The molecule has 0 atom stereocenters. The van der Waals surface area contributed by atoms with Crippen molar-refractivity contribution in [3.05, 3.63) is 48.0 Å². The highest BCUT2D eigenvalue weighted by atomic mass is 16.5. The van der Waals surface area contributed by atoms with Crippen LogP contribution < -0.4 is 15.4 Å². The van der Waals surface area contributed by atoms with Gasteiger partial charge in [-0.25, -0.2) is 4.79 Å². The predicted octanol–water partition coefficient (Wildman–Crippen LogP) is 5.17. The zero-order chi connectivity index (χ0) is 21.7. The summed E-state index contributed by atoms with van der Waals surface area (Å²) in [4.78, 5) is 27.7. The van der Waals surface area contributed by atoms with Crippen molar-refractivity contribution in [1.82, 2.24) is 0 Å². The number of anilines is 2. The van der Waals surface area contributed by atoms with Gasteiger partial charge in [0.25, 0.3) is 0 Å². The van der Waals surface area contributed by atoms with Crippen molar-refractivity contribution in [1.29, 1.82) is 0 Å². The van der Waals surface area contributed by atoms with Gasteiger partial charge < -0.3 is 20.1 Å². The summed E-state index contributed by atoms with van der Waals surface area (Å²) in [6.45, 7) is 3.92. The van der Waals surface area contributed by atoms with E-state index in [4.69, 9.17) is 15.2 Å². The van der Waals surface area contributed by atoms with E-state index in [1.165, 1.54) is 13.5 Å². The van der Waals surface area contributed by atoms with E-state index in [0.29, 0.717) is 28.4 Å². The van der Waals surface area contributed by atoms with Crippen LogP contribution in [0.1, 0.15) is 56.3 Å². The van der Waals surface area contributed by atoms with E-state index in [1.807, 2.05) is 13.8 Å². The fraction of sp³-hybridized carbons (Fsp3) is 0.417. The number of hydrogen-bond acceptors (Lipinski definition) is 5. The Morgan fingerprint density at radius 3 is 2.23 bits per heavy atom. The molecule has 2 N–H and O–H groups in total. The van der Waals surface area contributed by atoms with Crippen molar-refractivity contribution in [2.45, 2.75) is 52.0 Å². The molecule has 6 heteroatoms. The number of carbonyl (C=O) groups excluding carboxylic acids is 2. The Hall–Kier alpha value is -3.02. The highest BCUT2D eigenvalue weighted by Gasteiger charge is 2.31. The van der Waals surface area contributed by atoms with Gasteiger partial charge in [-0.15, -0.1) is 0 Å². The number of benzene rings is 2. The molecule has 0 saturated heterocycles. The highest BCUT2D eigenvalue weighted by Crippen LogP contribution is 2.34. The minimum absolute atomic E-state index is 0.00245. The number of amides is 1. The van der Waals surface area contributed by atoms with E-state index in [1.54, 1.807) is 47.4 Å². The first kappa shape index (κ1) is 21.7. The number of esters is 1. The van der Waals surface area contributed by atoms with E-state index in [0.717, 1.165) is 25.7 Å². The Kier molecular flexibility index (Phi) is 6.98. The molecular weight excluding hydrogens is 380 g/mol. The summed E-state index contributed by atoms with van der Waals surface area (Å²) in [6.07, 6.45) is 5.11. The van der Waals surface area contributed by atoms with Crippen molar-refractivity contribution < 1.29 is 19.1 Å². The second kappa shape index (κ2) is 9.65. The Labute approximate surface area is 178 Å². The lowest BCUT2D eigenvalue weighted by molar-refractivity contribution is -0.123. The van der Waals surface area contributed by atoms with Crippen LogP contribution in [0.4, 0.5) is 11.4 Å². The Morgan fingerprint density at radius 2 is 1.63 bits per heavy atom. The summed E-state index contributed by atoms with van der Waals surface area (Å²) in [5.41, 5.74) is 7.22. The van der Waals surface area contributed by atoms with Gasteiger partial charge >= 0.3 is 5.97 Å². The quantitative estimate of drug-likeness (QED) is 0.525. The summed E-state index contributed by atoms with van der Waals surface area (Å²) in [7, 11) is 1.34. The number of rotatable bonds is 6. The molecule has 0 aromatic heterocycles. The van der Waals surface area contributed by atoms with Crippen LogP contribution in [0.2, 0.25) is 0 Å². The molecule has 0 bridgehead atoms. The molecule has 0 unspecified atom stereocenters. The third-order valence-electron chi connectivity index (χ3n) is 5.46. The molecule has 1 amide bonds. The average molecular weight is 411 g/mol. The molecule has 2 aromatic carbocycles. The van der Waals surface area contributed by atoms with Gasteiger partial charge in [0.2, 0.25) is 5.91 Å². The standard InChI is InChI=1S/C24H30N2O4/c1-16(2)26(23(27)17-7-5-4-6-8-17)22-14-13-20(15-21(22)24(28)29-3)30-19-11-9-18(25)10-12-19/h9-17H,4-8,25H2,1-3H3. The van der Waals surface area contributed by atoms with Gasteiger partial charge in [-0.1, -0.05) is 19.3 Å². The monoisotopic (exact) mass is 410 g/mol. The van der Waals surface area contributed by atoms with E-state index in [-0.39, 0.29) is 17.9 Å². The molecule has 0 heterocycles. The number of carbonyl (C=O) groups is 2. The van der Waals surface area contributed by atoms with E-state index < -0.39 is 5.97 Å². The third kappa shape index (κ3) is 4.93. The zero-order valence-electron chi connectivity index (χ0n) is 17.9. The van der Waals surface area contributed by atoms with Gasteiger partial charge in [0.1, 0.15) is 11.5 Å². The molecule has 0 aliphatic heterocycles. The van der Waals surface area contributed by atoms with Crippen LogP contribution in [0.3, 0.4) is 0 Å². The topological polar surface area (TPSA) is 81.9 Å². The Morgan fingerprint density at radius 1 is 1.00 bits per heavy atom. The van der Waals surface area contributed by atoms with Gasteiger partial charge in [0.05, 0.1) is 18.4 Å². The summed E-state index contributed by atoms with van der Waals surface area (Å²) < 4.78 is 10.9. The van der Waals surface area contributed by atoms with E-state index >= 15 is 0 Å². The van der Waals surface area contributed by atoms with Crippen molar-refractivity contribution in [3.8, 4) is 11.5 Å². The maximum Gasteiger partial charge on any atom is 0.340 e. The number of ether oxygens (including phenoxy) is 2. The normalized spacial score (nSPS) is 14.4. The second-order valence-electron chi connectivity index (χ2n) is 7.98. The van der Waals surface area contributed by atoms with Crippen molar-refractivity contribution >= 4 is 23.3 Å². The third-order valence-corrected chi connectivity index (χ3v) is 5.46. The zero-order valence-corrected chi connectivity index (χ0v) is 17.9. The van der Waals surface area contributed by atoms with Gasteiger partial charge in [-0.2, -0.15) is 0 Å². The fourth-order valence-electron chi connectivity index (χ4n) is 3.93. The number of nitrogens with two attached hydrogens (primary N) is 1. The van der Waals surface area contributed by atoms with Crippen LogP contribution in [0, 0.1) is 5.92 Å². The SMILES string of the molecule is COC(=O)c1cc(Oc2ccc(N)cc2)ccc1N(C(=O)C1CCCCC1)C(C)C. The van der Waals surface area contributed by atoms with Crippen LogP contribution >= 0.6 is 0 Å². The smallest absolute Gasteiger partial charge is 0.340 e.